The van der Waals surface area contributed by atoms with Crippen molar-refractivity contribution in [3.63, 3.8) is 0 Å². The Balaban J connectivity index is 1.74. The van der Waals surface area contributed by atoms with Crippen LogP contribution in [0.2, 0.25) is 0 Å². The summed E-state index contributed by atoms with van der Waals surface area (Å²) < 4.78 is 0. The van der Waals surface area contributed by atoms with Gasteiger partial charge in [0.2, 0.25) is 5.91 Å². The predicted molar refractivity (Wildman–Crippen MR) is 79.2 cm³/mol. The highest BCUT2D eigenvalue weighted by molar-refractivity contribution is 5.78. The predicted octanol–water partition coefficient (Wildman–Crippen LogP) is 1.38. The minimum atomic E-state index is 0.338. The summed E-state index contributed by atoms with van der Waals surface area (Å²) in [6, 6.07) is 11.4. The molecule has 0 bridgehead atoms. The molecule has 3 rings (SSSR count). The van der Waals surface area contributed by atoms with Gasteiger partial charge in [-0.2, -0.15) is 0 Å². The maximum atomic E-state index is 11.8. The third kappa shape index (κ3) is 2.58. The van der Waals surface area contributed by atoms with E-state index in [1.165, 1.54) is 5.56 Å². The van der Waals surface area contributed by atoms with Crippen LogP contribution in [0, 0.1) is 0 Å². The Morgan fingerprint density at radius 1 is 1.25 bits per heavy atom. The lowest BCUT2D eigenvalue weighted by Gasteiger charge is -2.41. The zero-order chi connectivity index (χ0) is 13.9. The van der Waals surface area contributed by atoms with Crippen LogP contribution < -0.4 is 5.73 Å². The smallest absolute Gasteiger partial charge is 0.222 e. The summed E-state index contributed by atoms with van der Waals surface area (Å²) in [5, 5.41) is 0. The van der Waals surface area contributed by atoms with Gasteiger partial charge in [0.15, 0.2) is 0 Å². The van der Waals surface area contributed by atoms with Crippen LogP contribution in [0.3, 0.4) is 0 Å². The Labute approximate surface area is 120 Å². The number of benzene rings is 1. The first-order valence-electron chi connectivity index (χ1n) is 7.58. The molecule has 2 aliphatic rings. The number of carbonyl (C=O) groups is 1. The molecule has 0 spiro atoms. The molecule has 108 valence electrons. The molecule has 1 aromatic carbocycles. The number of nitrogens with two attached hydrogens (primary N) is 1. The summed E-state index contributed by atoms with van der Waals surface area (Å²) in [4.78, 5) is 16.4. The van der Waals surface area contributed by atoms with Crippen molar-refractivity contribution in [3.8, 4) is 0 Å². The minimum Gasteiger partial charge on any atom is -0.337 e. The number of carbonyl (C=O) groups excluding carboxylic acids is 1. The van der Waals surface area contributed by atoms with E-state index in [9.17, 15) is 4.79 Å². The first-order chi connectivity index (χ1) is 9.79. The number of nitrogens with zero attached hydrogens (tertiary/aromatic N) is 2. The van der Waals surface area contributed by atoms with Gasteiger partial charge >= 0.3 is 0 Å². The average molecular weight is 273 g/mol. The van der Waals surface area contributed by atoms with Gasteiger partial charge in [0.25, 0.3) is 0 Å². The molecular weight excluding hydrogens is 250 g/mol. The fraction of sp³-hybridized carbons (Fsp3) is 0.562. The molecule has 1 aromatic rings. The van der Waals surface area contributed by atoms with E-state index in [0.717, 1.165) is 38.9 Å². The molecule has 2 N–H and O–H groups in total. The molecular formula is C16H23N3O. The van der Waals surface area contributed by atoms with Crippen LogP contribution in [0.15, 0.2) is 30.3 Å². The lowest BCUT2D eigenvalue weighted by atomic mass is 9.99. The largest absolute Gasteiger partial charge is 0.337 e. The first kappa shape index (κ1) is 13.6. The van der Waals surface area contributed by atoms with Crippen molar-refractivity contribution >= 4 is 5.91 Å². The quantitative estimate of drug-likeness (QED) is 0.901. The molecule has 0 saturated carbocycles. The van der Waals surface area contributed by atoms with Gasteiger partial charge < -0.3 is 10.6 Å². The molecule has 2 heterocycles. The maximum Gasteiger partial charge on any atom is 0.222 e. The summed E-state index contributed by atoms with van der Waals surface area (Å²) in [6.45, 7) is 3.52. The molecule has 2 unspecified atom stereocenters. The minimum absolute atomic E-state index is 0.338. The maximum absolute atomic E-state index is 11.8. The standard InChI is InChI=1S/C16H23N3O/c17-9-8-15(13-4-2-1-3-5-13)18-10-11-19-14(12-18)6-7-16(19)20/h1-5,14-15H,6-12,17H2. The monoisotopic (exact) mass is 273 g/mol. The number of piperazine rings is 1. The van der Waals surface area contributed by atoms with Crippen molar-refractivity contribution in [3.05, 3.63) is 35.9 Å². The third-order valence-corrected chi connectivity index (χ3v) is 4.59. The molecule has 2 aliphatic heterocycles. The van der Waals surface area contributed by atoms with Gasteiger partial charge in [-0.15, -0.1) is 0 Å². The van der Waals surface area contributed by atoms with E-state index < -0.39 is 0 Å². The van der Waals surface area contributed by atoms with Gasteiger partial charge in [-0.3, -0.25) is 9.69 Å². The summed E-state index contributed by atoms with van der Waals surface area (Å²) in [5.74, 6) is 0.338. The molecule has 20 heavy (non-hydrogen) atoms. The Morgan fingerprint density at radius 2 is 2.05 bits per heavy atom. The molecule has 4 nitrogen and oxygen atoms in total. The normalized spacial score (nSPS) is 24.8. The Morgan fingerprint density at radius 3 is 2.80 bits per heavy atom. The zero-order valence-corrected chi connectivity index (χ0v) is 11.9. The van der Waals surface area contributed by atoms with E-state index >= 15 is 0 Å². The van der Waals surface area contributed by atoms with E-state index in [2.05, 4.69) is 40.1 Å². The van der Waals surface area contributed by atoms with Crippen LogP contribution in [0.5, 0.6) is 0 Å². The van der Waals surface area contributed by atoms with Gasteiger partial charge in [-0.25, -0.2) is 0 Å². The van der Waals surface area contributed by atoms with Gasteiger partial charge in [0, 0.05) is 38.1 Å². The lowest BCUT2D eigenvalue weighted by molar-refractivity contribution is -0.131. The van der Waals surface area contributed by atoms with Crippen molar-refractivity contribution in [1.82, 2.24) is 9.80 Å². The van der Waals surface area contributed by atoms with E-state index in [1.54, 1.807) is 0 Å². The molecule has 4 heteroatoms. The summed E-state index contributed by atoms with van der Waals surface area (Å²) >= 11 is 0. The van der Waals surface area contributed by atoms with Crippen molar-refractivity contribution in [2.45, 2.75) is 31.3 Å². The highest BCUT2D eigenvalue weighted by Gasteiger charge is 2.37. The lowest BCUT2D eigenvalue weighted by Crippen LogP contribution is -2.52. The Bertz CT molecular complexity index is 462. The third-order valence-electron chi connectivity index (χ3n) is 4.59. The number of rotatable bonds is 4. The summed E-state index contributed by atoms with van der Waals surface area (Å²) in [5.41, 5.74) is 7.15. The van der Waals surface area contributed by atoms with Crippen LogP contribution in [0.1, 0.15) is 30.9 Å². The molecule has 0 radical (unpaired) electrons. The van der Waals surface area contributed by atoms with E-state index in [-0.39, 0.29) is 0 Å². The second kappa shape index (κ2) is 5.94. The Kier molecular flexibility index (Phi) is 4.03. The van der Waals surface area contributed by atoms with Crippen LogP contribution in [-0.4, -0.2) is 47.9 Å². The van der Waals surface area contributed by atoms with E-state index in [4.69, 9.17) is 5.73 Å². The Hall–Kier alpha value is -1.39. The van der Waals surface area contributed by atoms with Crippen molar-refractivity contribution in [2.75, 3.05) is 26.2 Å². The number of hydrogen-bond acceptors (Lipinski definition) is 3. The second-order valence-corrected chi connectivity index (χ2v) is 5.78. The average Bonchev–Trinajstić information content (AvgIpc) is 2.86. The zero-order valence-electron chi connectivity index (χ0n) is 11.9. The molecule has 2 atom stereocenters. The van der Waals surface area contributed by atoms with Crippen LogP contribution >= 0.6 is 0 Å². The van der Waals surface area contributed by atoms with Crippen molar-refractivity contribution in [2.24, 2.45) is 5.73 Å². The van der Waals surface area contributed by atoms with Crippen LogP contribution in [-0.2, 0) is 4.79 Å². The molecule has 0 aromatic heterocycles. The fourth-order valence-corrected chi connectivity index (χ4v) is 3.56. The number of fused-ring (bicyclic) bond motifs is 1. The van der Waals surface area contributed by atoms with Gasteiger partial charge in [0.05, 0.1) is 0 Å². The van der Waals surface area contributed by atoms with Crippen LogP contribution in [0.25, 0.3) is 0 Å². The molecule has 0 aliphatic carbocycles. The van der Waals surface area contributed by atoms with Gasteiger partial charge in [-0.1, -0.05) is 30.3 Å². The van der Waals surface area contributed by atoms with Gasteiger partial charge in [0.1, 0.15) is 0 Å². The van der Waals surface area contributed by atoms with E-state index in [1.807, 2.05) is 0 Å². The SMILES string of the molecule is NCCC(c1ccccc1)N1CCN2C(=O)CCC2C1. The van der Waals surface area contributed by atoms with Crippen molar-refractivity contribution < 1.29 is 4.79 Å². The van der Waals surface area contributed by atoms with Gasteiger partial charge in [-0.05, 0) is 24.9 Å². The molecule has 2 fully saturated rings. The fourth-order valence-electron chi connectivity index (χ4n) is 3.56. The second-order valence-electron chi connectivity index (χ2n) is 5.78. The number of hydrogen-bond donors (Lipinski definition) is 1. The summed E-state index contributed by atoms with van der Waals surface area (Å²) in [6.07, 6.45) is 2.72. The number of amides is 1. The first-order valence-corrected chi connectivity index (χ1v) is 7.58. The molecule has 2 saturated heterocycles. The molecule has 1 amide bonds. The summed E-state index contributed by atoms with van der Waals surface area (Å²) in [7, 11) is 0. The topological polar surface area (TPSA) is 49.6 Å². The highest BCUT2D eigenvalue weighted by Crippen LogP contribution is 2.30. The van der Waals surface area contributed by atoms with Crippen molar-refractivity contribution in [1.29, 1.82) is 0 Å². The van der Waals surface area contributed by atoms with Crippen LogP contribution in [0.4, 0.5) is 0 Å². The van der Waals surface area contributed by atoms with E-state index in [0.29, 0.717) is 24.5 Å². The highest BCUT2D eigenvalue weighted by atomic mass is 16.2.